The largest absolute Gasteiger partial charge is 0.377 e. The summed E-state index contributed by atoms with van der Waals surface area (Å²) in [4.78, 5) is 16.2. The van der Waals surface area contributed by atoms with Gasteiger partial charge < -0.3 is 10.2 Å². The van der Waals surface area contributed by atoms with Gasteiger partial charge in [0.05, 0.1) is 6.04 Å². The highest BCUT2D eigenvalue weighted by atomic mass is 16.2. The van der Waals surface area contributed by atoms with Gasteiger partial charge in [0.15, 0.2) is 0 Å². The maximum absolute atomic E-state index is 12.3. The summed E-state index contributed by atoms with van der Waals surface area (Å²) < 4.78 is 0. The van der Waals surface area contributed by atoms with Crippen LogP contribution in [0, 0.1) is 6.92 Å². The number of hydrogen-bond donors (Lipinski definition) is 1. The summed E-state index contributed by atoms with van der Waals surface area (Å²) in [6.07, 6.45) is 0.797. The molecule has 0 saturated heterocycles. The zero-order valence-corrected chi connectivity index (χ0v) is 12.8. The lowest BCUT2D eigenvalue weighted by Crippen LogP contribution is -2.39. The molecule has 0 fully saturated rings. The number of hydrogen-bond acceptors (Lipinski definition) is 3. The maximum atomic E-state index is 12.3. The van der Waals surface area contributed by atoms with E-state index in [0.717, 1.165) is 23.4 Å². The third-order valence-electron chi connectivity index (χ3n) is 3.36. The fraction of sp³-hybridized carbons (Fsp3) is 0.533. The Kier molecular flexibility index (Phi) is 5.36. The molecule has 0 aliphatic rings. The minimum Gasteiger partial charge on any atom is -0.377 e. The van der Waals surface area contributed by atoms with Crippen molar-refractivity contribution in [2.75, 3.05) is 38.4 Å². The molecule has 0 bridgehead atoms. The van der Waals surface area contributed by atoms with Crippen molar-refractivity contribution in [3.05, 3.63) is 23.8 Å². The topological polar surface area (TPSA) is 35.6 Å². The molecule has 1 rings (SSSR count). The zero-order chi connectivity index (χ0) is 14.6. The SMILES string of the molecule is CCC(C(=O)Nc1cccc(N(C)C)c1C)N(C)C. The highest BCUT2D eigenvalue weighted by molar-refractivity contribution is 5.96. The molecular formula is C15H25N3O. The van der Waals surface area contributed by atoms with Crippen LogP contribution >= 0.6 is 0 Å². The first kappa shape index (κ1) is 15.5. The van der Waals surface area contributed by atoms with Crippen molar-refractivity contribution in [2.45, 2.75) is 26.3 Å². The molecule has 1 aromatic carbocycles. The van der Waals surface area contributed by atoms with E-state index in [1.165, 1.54) is 0 Å². The van der Waals surface area contributed by atoms with Gasteiger partial charge in [-0.1, -0.05) is 13.0 Å². The second kappa shape index (κ2) is 6.57. The summed E-state index contributed by atoms with van der Waals surface area (Å²) in [5, 5.41) is 3.03. The summed E-state index contributed by atoms with van der Waals surface area (Å²) in [5.41, 5.74) is 3.10. The van der Waals surface area contributed by atoms with Gasteiger partial charge in [0.25, 0.3) is 0 Å². The lowest BCUT2D eigenvalue weighted by atomic mass is 10.1. The van der Waals surface area contributed by atoms with Crippen LogP contribution in [0.3, 0.4) is 0 Å². The van der Waals surface area contributed by atoms with Gasteiger partial charge in [-0.15, -0.1) is 0 Å². The third kappa shape index (κ3) is 3.70. The Hall–Kier alpha value is -1.55. The van der Waals surface area contributed by atoms with E-state index in [0.29, 0.717) is 0 Å². The van der Waals surface area contributed by atoms with Gasteiger partial charge >= 0.3 is 0 Å². The quantitative estimate of drug-likeness (QED) is 0.885. The minimum absolute atomic E-state index is 0.0477. The fourth-order valence-corrected chi connectivity index (χ4v) is 2.24. The molecule has 1 atom stereocenters. The predicted molar refractivity (Wildman–Crippen MR) is 81.9 cm³/mol. The molecule has 1 amide bonds. The monoisotopic (exact) mass is 263 g/mol. The van der Waals surface area contributed by atoms with E-state index in [1.54, 1.807) is 0 Å². The molecule has 106 valence electrons. The maximum Gasteiger partial charge on any atom is 0.241 e. The fourth-order valence-electron chi connectivity index (χ4n) is 2.24. The van der Waals surface area contributed by atoms with Crippen molar-refractivity contribution in [3.63, 3.8) is 0 Å². The van der Waals surface area contributed by atoms with Gasteiger partial charge in [0.1, 0.15) is 0 Å². The molecule has 0 aliphatic heterocycles. The van der Waals surface area contributed by atoms with E-state index in [4.69, 9.17) is 0 Å². The highest BCUT2D eigenvalue weighted by Crippen LogP contribution is 2.25. The van der Waals surface area contributed by atoms with Crippen molar-refractivity contribution < 1.29 is 4.79 Å². The van der Waals surface area contributed by atoms with E-state index in [1.807, 2.05) is 70.0 Å². The second-order valence-electron chi connectivity index (χ2n) is 5.22. The number of carbonyl (C=O) groups is 1. The standard InChI is InChI=1S/C15H25N3O/c1-7-13(17(3)4)15(19)16-12-9-8-10-14(11(12)2)18(5)6/h8-10,13H,7H2,1-6H3,(H,16,19). The Morgan fingerprint density at radius 1 is 1.26 bits per heavy atom. The predicted octanol–water partition coefficient (Wildman–Crippen LogP) is 2.34. The molecule has 4 heteroatoms. The van der Waals surface area contributed by atoms with Gasteiger partial charge in [-0.2, -0.15) is 0 Å². The van der Waals surface area contributed by atoms with Gasteiger partial charge in [0.2, 0.25) is 5.91 Å². The molecule has 1 unspecified atom stereocenters. The second-order valence-corrected chi connectivity index (χ2v) is 5.22. The number of anilines is 2. The normalized spacial score (nSPS) is 12.4. The van der Waals surface area contributed by atoms with Crippen LogP contribution in [0.2, 0.25) is 0 Å². The Bertz CT molecular complexity index is 441. The summed E-state index contributed by atoms with van der Waals surface area (Å²) in [5.74, 6) is 0.0477. The lowest BCUT2D eigenvalue weighted by Gasteiger charge is -2.23. The van der Waals surface area contributed by atoms with Crippen molar-refractivity contribution in [1.82, 2.24) is 4.90 Å². The number of benzene rings is 1. The van der Waals surface area contributed by atoms with Crippen LogP contribution in [0.5, 0.6) is 0 Å². The molecule has 0 spiro atoms. The van der Waals surface area contributed by atoms with E-state index in [-0.39, 0.29) is 11.9 Å². The molecule has 0 heterocycles. The Morgan fingerprint density at radius 3 is 2.37 bits per heavy atom. The van der Waals surface area contributed by atoms with Crippen LogP contribution in [0.25, 0.3) is 0 Å². The number of likely N-dealkylation sites (N-methyl/N-ethyl adjacent to an activating group) is 1. The van der Waals surface area contributed by atoms with E-state index >= 15 is 0 Å². The smallest absolute Gasteiger partial charge is 0.241 e. The molecule has 4 nitrogen and oxygen atoms in total. The number of carbonyl (C=O) groups excluding carboxylic acids is 1. The Morgan fingerprint density at radius 2 is 1.89 bits per heavy atom. The van der Waals surface area contributed by atoms with E-state index in [2.05, 4.69) is 5.32 Å². The molecule has 0 aromatic heterocycles. The van der Waals surface area contributed by atoms with Crippen LogP contribution in [0.1, 0.15) is 18.9 Å². The van der Waals surface area contributed by atoms with Crippen LogP contribution in [0.4, 0.5) is 11.4 Å². The summed E-state index contributed by atoms with van der Waals surface area (Å²) in [7, 11) is 7.86. The van der Waals surface area contributed by atoms with Gasteiger partial charge in [-0.25, -0.2) is 0 Å². The van der Waals surface area contributed by atoms with Crippen molar-refractivity contribution in [2.24, 2.45) is 0 Å². The minimum atomic E-state index is -0.0950. The van der Waals surface area contributed by atoms with Crippen molar-refractivity contribution >= 4 is 17.3 Å². The van der Waals surface area contributed by atoms with Crippen LogP contribution in [-0.2, 0) is 4.79 Å². The van der Waals surface area contributed by atoms with Crippen molar-refractivity contribution in [1.29, 1.82) is 0 Å². The number of amides is 1. The lowest BCUT2D eigenvalue weighted by molar-refractivity contribution is -0.120. The Balaban J connectivity index is 2.94. The van der Waals surface area contributed by atoms with E-state index < -0.39 is 0 Å². The number of nitrogens with zero attached hydrogens (tertiary/aromatic N) is 2. The van der Waals surface area contributed by atoms with Crippen LogP contribution < -0.4 is 10.2 Å². The summed E-state index contributed by atoms with van der Waals surface area (Å²) >= 11 is 0. The van der Waals surface area contributed by atoms with Gasteiger partial charge in [-0.3, -0.25) is 9.69 Å². The first-order valence-electron chi connectivity index (χ1n) is 6.62. The average Bonchev–Trinajstić information content (AvgIpc) is 2.31. The number of nitrogens with one attached hydrogen (secondary N) is 1. The summed E-state index contributed by atoms with van der Waals surface area (Å²) in [6.45, 7) is 4.05. The first-order chi connectivity index (χ1) is 8.88. The summed E-state index contributed by atoms with van der Waals surface area (Å²) in [6, 6.07) is 5.87. The molecular weight excluding hydrogens is 238 g/mol. The molecule has 0 radical (unpaired) electrons. The highest BCUT2D eigenvalue weighted by Gasteiger charge is 2.19. The molecule has 1 aromatic rings. The first-order valence-corrected chi connectivity index (χ1v) is 6.62. The molecule has 1 N–H and O–H groups in total. The Labute approximate surface area is 116 Å². The zero-order valence-electron chi connectivity index (χ0n) is 12.8. The van der Waals surface area contributed by atoms with Crippen LogP contribution in [0.15, 0.2) is 18.2 Å². The third-order valence-corrected chi connectivity index (χ3v) is 3.36. The molecule has 19 heavy (non-hydrogen) atoms. The van der Waals surface area contributed by atoms with Crippen molar-refractivity contribution in [3.8, 4) is 0 Å². The van der Waals surface area contributed by atoms with Gasteiger partial charge in [-0.05, 0) is 45.1 Å². The van der Waals surface area contributed by atoms with Crippen LogP contribution in [-0.4, -0.2) is 45.0 Å². The van der Waals surface area contributed by atoms with Gasteiger partial charge in [0, 0.05) is 25.5 Å². The number of rotatable bonds is 5. The molecule has 0 saturated carbocycles. The van der Waals surface area contributed by atoms with E-state index in [9.17, 15) is 4.79 Å². The average molecular weight is 263 g/mol. The molecule has 0 aliphatic carbocycles.